The Morgan fingerprint density at radius 1 is 1.18 bits per heavy atom. The lowest BCUT2D eigenvalue weighted by atomic mass is 10.1. The third-order valence-corrected chi connectivity index (χ3v) is 2.73. The maximum absolute atomic E-state index is 12.3. The Balaban J connectivity index is 2.08. The quantitative estimate of drug-likeness (QED) is 0.816. The number of halogens is 3. The van der Waals surface area contributed by atoms with Crippen molar-refractivity contribution in [3.05, 3.63) is 17.8 Å². The molecule has 2 heterocycles. The van der Waals surface area contributed by atoms with Gasteiger partial charge in [0.2, 0.25) is 0 Å². The monoisotopic (exact) mass is 247 g/mol. The van der Waals surface area contributed by atoms with Gasteiger partial charge in [-0.1, -0.05) is 0 Å². The number of rotatable bonds is 1. The summed E-state index contributed by atoms with van der Waals surface area (Å²) in [6, 6.07) is 2.24. The van der Waals surface area contributed by atoms with E-state index < -0.39 is 11.9 Å². The summed E-state index contributed by atoms with van der Waals surface area (Å²) in [6.45, 7) is 1.17. The van der Waals surface area contributed by atoms with E-state index in [0.29, 0.717) is 31.7 Å². The first kappa shape index (κ1) is 12.1. The number of aromatic nitrogens is 2. The van der Waals surface area contributed by atoms with E-state index in [1.165, 1.54) is 6.07 Å². The maximum atomic E-state index is 12.3. The SMILES string of the molecule is OC1CCN(c2ccc(C(F)(F)F)nn2)CC1. The smallest absolute Gasteiger partial charge is 0.393 e. The summed E-state index contributed by atoms with van der Waals surface area (Å²) in [7, 11) is 0. The Bertz CT molecular complexity index is 371. The molecule has 0 aliphatic carbocycles. The molecular weight excluding hydrogens is 235 g/mol. The Morgan fingerprint density at radius 2 is 1.82 bits per heavy atom. The number of nitrogens with zero attached hydrogens (tertiary/aromatic N) is 3. The molecule has 1 fully saturated rings. The Morgan fingerprint density at radius 3 is 2.29 bits per heavy atom. The lowest BCUT2D eigenvalue weighted by Crippen LogP contribution is -2.36. The number of aliphatic hydroxyl groups is 1. The van der Waals surface area contributed by atoms with Crippen molar-refractivity contribution in [1.29, 1.82) is 0 Å². The van der Waals surface area contributed by atoms with Crippen molar-refractivity contribution in [3.8, 4) is 0 Å². The first-order chi connectivity index (χ1) is 7.97. The molecule has 7 heteroatoms. The molecule has 0 amide bonds. The number of aliphatic hydroxyl groups excluding tert-OH is 1. The van der Waals surface area contributed by atoms with Crippen molar-refractivity contribution in [2.45, 2.75) is 25.1 Å². The lowest BCUT2D eigenvalue weighted by Gasteiger charge is -2.30. The lowest BCUT2D eigenvalue weighted by molar-refractivity contribution is -0.141. The zero-order valence-corrected chi connectivity index (χ0v) is 8.98. The van der Waals surface area contributed by atoms with Gasteiger partial charge in [-0.05, 0) is 25.0 Å². The molecule has 0 saturated carbocycles. The summed E-state index contributed by atoms with van der Waals surface area (Å²) in [4.78, 5) is 1.82. The number of hydrogen-bond acceptors (Lipinski definition) is 4. The summed E-state index contributed by atoms with van der Waals surface area (Å²) in [5, 5.41) is 16.0. The minimum absolute atomic E-state index is 0.325. The number of alkyl halides is 3. The Kier molecular flexibility index (Phi) is 3.19. The molecule has 0 atom stereocenters. The van der Waals surface area contributed by atoms with Crippen LogP contribution >= 0.6 is 0 Å². The highest BCUT2D eigenvalue weighted by Gasteiger charge is 2.33. The highest BCUT2D eigenvalue weighted by Crippen LogP contribution is 2.27. The van der Waals surface area contributed by atoms with Crippen LogP contribution < -0.4 is 4.90 Å². The van der Waals surface area contributed by atoms with Crippen LogP contribution in [0.5, 0.6) is 0 Å². The summed E-state index contributed by atoms with van der Waals surface area (Å²) in [5.41, 5.74) is -0.988. The minimum atomic E-state index is -4.45. The van der Waals surface area contributed by atoms with Crippen molar-refractivity contribution in [2.75, 3.05) is 18.0 Å². The molecule has 4 nitrogen and oxygen atoms in total. The van der Waals surface area contributed by atoms with E-state index in [0.717, 1.165) is 6.07 Å². The third-order valence-electron chi connectivity index (χ3n) is 2.73. The van der Waals surface area contributed by atoms with Crippen LogP contribution in [0.3, 0.4) is 0 Å². The average molecular weight is 247 g/mol. The molecule has 1 aliphatic rings. The largest absolute Gasteiger partial charge is 0.435 e. The van der Waals surface area contributed by atoms with Crippen LogP contribution in [0.15, 0.2) is 12.1 Å². The van der Waals surface area contributed by atoms with E-state index in [-0.39, 0.29) is 6.10 Å². The van der Waals surface area contributed by atoms with Gasteiger partial charge in [0.05, 0.1) is 6.10 Å². The molecule has 0 radical (unpaired) electrons. The predicted molar refractivity (Wildman–Crippen MR) is 54.5 cm³/mol. The van der Waals surface area contributed by atoms with Gasteiger partial charge >= 0.3 is 6.18 Å². The first-order valence-electron chi connectivity index (χ1n) is 5.31. The molecule has 2 rings (SSSR count). The van der Waals surface area contributed by atoms with Crippen molar-refractivity contribution < 1.29 is 18.3 Å². The van der Waals surface area contributed by atoms with Gasteiger partial charge in [-0.25, -0.2) is 0 Å². The van der Waals surface area contributed by atoms with Gasteiger partial charge in [0.1, 0.15) is 0 Å². The van der Waals surface area contributed by atoms with E-state index in [1.807, 2.05) is 4.90 Å². The van der Waals surface area contributed by atoms with Crippen LogP contribution in [0.25, 0.3) is 0 Å². The van der Waals surface area contributed by atoms with Gasteiger partial charge in [-0.2, -0.15) is 13.2 Å². The van der Waals surface area contributed by atoms with Crippen LogP contribution in [-0.2, 0) is 6.18 Å². The molecular formula is C10H12F3N3O. The van der Waals surface area contributed by atoms with Crippen molar-refractivity contribution in [2.24, 2.45) is 0 Å². The zero-order valence-electron chi connectivity index (χ0n) is 8.98. The zero-order chi connectivity index (χ0) is 12.5. The van der Waals surface area contributed by atoms with Gasteiger partial charge in [-0.15, -0.1) is 10.2 Å². The number of hydrogen-bond donors (Lipinski definition) is 1. The molecule has 94 valence electrons. The van der Waals surface area contributed by atoms with Crippen LogP contribution in [0.1, 0.15) is 18.5 Å². The first-order valence-corrected chi connectivity index (χ1v) is 5.31. The molecule has 0 aromatic carbocycles. The summed E-state index contributed by atoms with van der Waals surface area (Å²) < 4.78 is 36.8. The molecule has 0 unspecified atom stereocenters. The van der Waals surface area contributed by atoms with E-state index in [2.05, 4.69) is 10.2 Å². The van der Waals surface area contributed by atoms with Crippen molar-refractivity contribution in [3.63, 3.8) is 0 Å². The van der Waals surface area contributed by atoms with Gasteiger partial charge in [-0.3, -0.25) is 0 Å². The second kappa shape index (κ2) is 4.48. The van der Waals surface area contributed by atoms with Crippen LogP contribution in [-0.4, -0.2) is 34.5 Å². The Labute approximate surface area is 96.1 Å². The molecule has 1 saturated heterocycles. The fourth-order valence-corrected chi connectivity index (χ4v) is 1.74. The van der Waals surface area contributed by atoms with Gasteiger partial charge in [0.15, 0.2) is 11.5 Å². The van der Waals surface area contributed by atoms with E-state index in [9.17, 15) is 18.3 Å². The fraction of sp³-hybridized carbons (Fsp3) is 0.600. The normalized spacial score (nSPS) is 18.5. The summed E-state index contributed by atoms with van der Waals surface area (Å²) in [6.07, 6.45) is -3.58. The molecule has 17 heavy (non-hydrogen) atoms. The molecule has 0 spiro atoms. The third kappa shape index (κ3) is 2.85. The highest BCUT2D eigenvalue weighted by atomic mass is 19.4. The van der Waals surface area contributed by atoms with Crippen molar-refractivity contribution in [1.82, 2.24) is 10.2 Å². The molecule has 1 N–H and O–H groups in total. The molecule has 1 aliphatic heterocycles. The van der Waals surface area contributed by atoms with Crippen molar-refractivity contribution >= 4 is 5.82 Å². The maximum Gasteiger partial charge on any atom is 0.435 e. The van der Waals surface area contributed by atoms with Gasteiger partial charge in [0, 0.05) is 13.1 Å². The van der Waals surface area contributed by atoms with E-state index in [1.54, 1.807) is 0 Å². The number of piperidine rings is 1. The van der Waals surface area contributed by atoms with Crippen LogP contribution in [0.4, 0.5) is 19.0 Å². The van der Waals surface area contributed by atoms with Gasteiger partial charge in [0.25, 0.3) is 0 Å². The van der Waals surface area contributed by atoms with Gasteiger partial charge < -0.3 is 10.0 Å². The van der Waals surface area contributed by atoms with E-state index >= 15 is 0 Å². The molecule has 1 aromatic rings. The molecule has 1 aromatic heterocycles. The highest BCUT2D eigenvalue weighted by molar-refractivity contribution is 5.38. The minimum Gasteiger partial charge on any atom is -0.393 e. The second-order valence-electron chi connectivity index (χ2n) is 3.99. The average Bonchev–Trinajstić information content (AvgIpc) is 2.29. The predicted octanol–water partition coefficient (Wildman–Crippen LogP) is 1.46. The van der Waals surface area contributed by atoms with Crippen LogP contribution in [0, 0.1) is 0 Å². The Hall–Kier alpha value is -1.37. The number of anilines is 1. The van der Waals surface area contributed by atoms with E-state index in [4.69, 9.17) is 0 Å². The fourth-order valence-electron chi connectivity index (χ4n) is 1.74. The topological polar surface area (TPSA) is 49.2 Å². The molecule has 0 bridgehead atoms. The summed E-state index contributed by atoms with van der Waals surface area (Å²) >= 11 is 0. The second-order valence-corrected chi connectivity index (χ2v) is 3.99. The summed E-state index contributed by atoms with van der Waals surface area (Å²) in [5.74, 6) is 0.421. The standard InChI is InChI=1S/C10H12F3N3O/c11-10(12,13)8-1-2-9(15-14-8)16-5-3-7(17)4-6-16/h1-2,7,17H,3-6H2. The van der Waals surface area contributed by atoms with Crippen LogP contribution in [0.2, 0.25) is 0 Å².